The van der Waals surface area contributed by atoms with Crippen LogP contribution in [0.1, 0.15) is 20.3 Å². The lowest BCUT2D eigenvalue weighted by Gasteiger charge is -2.04. The first kappa shape index (κ1) is 11.7. The van der Waals surface area contributed by atoms with Crippen LogP contribution >= 0.6 is 0 Å². The highest BCUT2D eigenvalue weighted by Crippen LogP contribution is 1.80. The van der Waals surface area contributed by atoms with Gasteiger partial charge in [-0.1, -0.05) is 0 Å². The molecule has 0 aliphatic carbocycles. The van der Waals surface area contributed by atoms with E-state index < -0.39 is 6.09 Å². The van der Waals surface area contributed by atoms with E-state index in [0.717, 1.165) is 0 Å². The summed E-state index contributed by atoms with van der Waals surface area (Å²) in [5.41, 5.74) is 0. The molecular weight excluding hydrogens is 172 g/mol. The Morgan fingerprint density at radius 3 is 2.46 bits per heavy atom. The van der Waals surface area contributed by atoms with Crippen LogP contribution < -0.4 is 10.6 Å². The minimum atomic E-state index is -0.480. The Bertz CT molecular complexity index is 153. The Hall–Kier alpha value is -1.26. The lowest BCUT2D eigenvalue weighted by Crippen LogP contribution is -2.30. The average molecular weight is 188 g/mol. The molecule has 0 saturated carbocycles. The fourth-order valence-electron chi connectivity index (χ4n) is 0.746. The van der Waals surface area contributed by atoms with Gasteiger partial charge in [-0.3, -0.25) is 4.79 Å². The number of amides is 2. The Balaban J connectivity index is 3.33. The summed E-state index contributed by atoms with van der Waals surface area (Å²) in [6, 6.07) is 0. The van der Waals surface area contributed by atoms with E-state index in [1.165, 1.54) is 0 Å². The Morgan fingerprint density at radius 2 is 1.92 bits per heavy atom. The molecule has 13 heavy (non-hydrogen) atoms. The third-order valence-electron chi connectivity index (χ3n) is 1.27. The van der Waals surface area contributed by atoms with E-state index in [0.29, 0.717) is 19.7 Å². The number of hydrogen-bond donors (Lipinski definition) is 2. The molecule has 2 amide bonds. The summed E-state index contributed by atoms with van der Waals surface area (Å²) in [5.74, 6) is -0.0701. The van der Waals surface area contributed by atoms with Gasteiger partial charge in [-0.25, -0.2) is 4.79 Å². The second-order valence-electron chi connectivity index (χ2n) is 2.35. The third kappa shape index (κ3) is 7.11. The summed E-state index contributed by atoms with van der Waals surface area (Å²) in [4.78, 5) is 21.6. The molecule has 0 aromatic carbocycles. The SMILES string of the molecule is CCNC(=O)CCNC(=O)OCC. The fourth-order valence-corrected chi connectivity index (χ4v) is 0.746. The van der Waals surface area contributed by atoms with Crippen molar-refractivity contribution in [2.24, 2.45) is 0 Å². The zero-order valence-corrected chi connectivity index (χ0v) is 8.05. The molecule has 0 fully saturated rings. The molecule has 0 saturated heterocycles. The van der Waals surface area contributed by atoms with Crippen LogP contribution in [0.3, 0.4) is 0 Å². The topological polar surface area (TPSA) is 67.4 Å². The average Bonchev–Trinajstić information content (AvgIpc) is 2.05. The van der Waals surface area contributed by atoms with Crippen molar-refractivity contribution in [2.75, 3.05) is 19.7 Å². The van der Waals surface area contributed by atoms with Gasteiger partial charge in [-0.15, -0.1) is 0 Å². The Labute approximate surface area is 77.8 Å². The van der Waals surface area contributed by atoms with Gasteiger partial charge in [0.05, 0.1) is 6.61 Å². The van der Waals surface area contributed by atoms with Crippen LogP contribution in [0.15, 0.2) is 0 Å². The summed E-state index contributed by atoms with van der Waals surface area (Å²) in [5, 5.41) is 5.07. The van der Waals surface area contributed by atoms with Crippen molar-refractivity contribution in [1.29, 1.82) is 0 Å². The molecule has 0 rings (SSSR count). The van der Waals surface area contributed by atoms with E-state index in [1.807, 2.05) is 6.92 Å². The smallest absolute Gasteiger partial charge is 0.407 e. The minimum Gasteiger partial charge on any atom is -0.450 e. The van der Waals surface area contributed by atoms with Crippen LogP contribution in [0.5, 0.6) is 0 Å². The molecule has 0 aromatic rings. The second kappa shape index (κ2) is 7.39. The molecule has 0 aromatic heterocycles. The number of hydrogen-bond acceptors (Lipinski definition) is 3. The Kier molecular flexibility index (Phi) is 6.68. The van der Waals surface area contributed by atoms with Crippen LogP contribution in [0.25, 0.3) is 0 Å². The molecule has 0 bridgehead atoms. The van der Waals surface area contributed by atoms with Gasteiger partial charge in [0.25, 0.3) is 0 Å². The predicted molar refractivity (Wildman–Crippen MR) is 48.3 cm³/mol. The summed E-state index contributed by atoms with van der Waals surface area (Å²) in [6.07, 6.45) is -0.195. The number of carbonyl (C=O) groups excluding carboxylic acids is 2. The highest BCUT2D eigenvalue weighted by atomic mass is 16.5. The highest BCUT2D eigenvalue weighted by molar-refractivity contribution is 5.76. The summed E-state index contributed by atoms with van der Waals surface area (Å²) in [7, 11) is 0. The van der Waals surface area contributed by atoms with Gasteiger partial charge in [-0.2, -0.15) is 0 Å². The zero-order chi connectivity index (χ0) is 10.1. The first-order valence-electron chi connectivity index (χ1n) is 4.38. The maximum absolute atomic E-state index is 10.9. The highest BCUT2D eigenvalue weighted by Gasteiger charge is 2.01. The van der Waals surface area contributed by atoms with Gasteiger partial charge in [0, 0.05) is 19.5 Å². The molecule has 0 heterocycles. The largest absolute Gasteiger partial charge is 0.450 e. The second-order valence-corrected chi connectivity index (χ2v) is 2.35. The maximum Gasteiger partial charge on any atom is 0.407 e. The van der Waals surface area contributed by atoms with E-state index in [-0.39, 0.29) is 12.3 Å². The number of rotatable bonds is 5. The molecule has 0 atom stereocenters. The maximum atomic E-state index is 10.9. The van der Waals surface area contributed by atoms with Crippen molar-refractivity contribution in [2.45, 2.75) is 20.3 Å². The van der Waals surface area contributed by atoms with Crippen LogP contribution in [0, 0.1) is 0 Å². The van der Waals surface area contributed by atoms with E-state index in [9.17, 15) is 9.59 Å². The zero-order valence-electron chi connectivity index (χ0n) is 8.05. The van der Waals surface area contributed by atoms with Crippen LogP contribution in [0.2, 0.25) is 0 Å². The summed E-state index contributed by atoms with van der Waals surface area (Å²) >= 11 is 0. The predicted octanol–water partition coefficient (Wildman–Crippen LogP) is 0.259. The minimum absolute atomic E-state index is 0.0701. The quantitative estimate of drug-likeness (QED) is 0.650. The van der Waals surface area contributed by atoms with Gasteiger partial charge < -0.3 is 15.4 Å². The van der Waals surface area contributed by atoms with Gasteiger partial charge in [0.2, 0.25) is 5.91 Å². The normalized spacial score (nSPS) is 9.08. The molecule has 0 aliphatic heterocycles. The van der Waals surface area contributed by atoms with Crippen molar-refractivity contribution in [3.63, 3.8) is 0 Å². The third-order valence-corrected chi connectivity index (χ3v) is 1.27. The lowest BCUT2D eigenvalue weighted by molar-refractivity contribution is -0.120. The molecule has 5 heteroatoms. The first-order chi connectivity index (χ1) is 6.20. The van der Waals surface area contributed by atoms with E-state index in [4.69, 9.17) is 0 Å². The number of alkyl carbamates (subject to hydrolysis) is 1. The summed E-state index contributed by atoms with van der Waals surface area (Å²) < 4.78 is 4.60. The lowest BCUT2D eigenvalue weighted by atomic mass is 10.4. The molecule has 76 valence electrons. The van der Waals surface area contributed by atoms with Crippen molar-refractivity contribution < 1.29 is 14.3 Å². The molecule has 0 aliphatic rings. The molecule has 5 nitrogen and oxygen atoms in total. The molecule has 0 unspecified atom stereocenters. The van der Waals surface area contributed by atoms with Crippen molar-refractivity contribution in [1.82, 2.24) is 10.6 Å². The van der Waals surface area contributed by atoms with Crippen molar-refractivity contribution >= 4 is 12.0 Å². The fraction of sp³-hybridized carbons (Fsp3) is 0.750. The number of ether oxygens (including phenoxy) is 1. The number of carbonyl (C=O) groups is 2. The van der Waals surface area contributed by atoms with Crippen molar-refractivity contribution in [3.05, 3.63) is 0 Å². The van der Waals surface area contributed by atoms with Crippen LogP contribution in [0.4, 0.5) is 4.79 Å². The Morgan fingerprint density at radius 1 is 1.23 bits per heavy atom. The molecular formula is C8H16N2O3. The molecule has 0 radical (unpaired) electrons. The van der Waals surface area contributed by atoms with Gasteiger partial charge >= 0.3 is 6.09 Å². The van der Waals surface area contributed by atoms with E-state index in [2.05, 4.69) is 15.4 Å². The monoisotopic (exact) mass is 188 g/mol. The molecule has 0 spiro atoms. The van der Waals surface area contributed by atoms with Crippen LogP contribution in [-0.2, 0) is 9.53 Å². The van der Waals surface area contributed by atoms with Crippen LogP contribution in [-0.4, -0.2) is 31.7 Å². The van der Waals surface area contributed by atoms with E-state index in [1.54, 1.807) is 6.92 Å². The van der Waals surface area contributed by atoms with Gasteiger partial charge in [0.15, 0.2) is 0 Å². The molecule has 2 N–H and O–H groups in total. The van der Waals surface area contributed by atoms with Gasteiger partial charge in [0.1, 0.15) is 0 Å². The first-order valence-corrected chi connectivity index (χ1v) is 4.38. The summed E-state index contributed by atoms with van der Waals surface area (Å²) in [6.45, 7) is 4.83. The van der Waals surface area contributed by atoms with Crippen molar-refractivity contribution in [3.8, 4) is 0 Å². The number of nitrogens with one attached hydrogen (secondary N) is 2. The van der Waals surface area contributed by atoms with E-state index >= 15 is 0 Å². The standard InChI is InChI=1S/C8H16N2O3/c1-3-9-7(11)5-6-10-8(12)13-4-2/h3-6H2,1-2H3,(H,9,11)(H,10,12). The van der Waals surface area contributed by atoms with Gasteiger partial charge in [-0.05, 0) is 13.8 Å².